The summed E-state index contributed by atoms with van der Waals surface area (Å²) in [6.07, 6.45) is 0. The summed E-state index contributed by atoms with van der Waals surface area (Å²) in [5.41, 5.74) is 6.35. The second-order valence-electron chi connectivity index (χ2n) is 5.52. The first-order chi connectivity index (χ1) is 10.0. The van der Waals surface area contributed by atoms with Crippen LogP contribution in [0.2, 0.25) is 0 Å². The van der Waals surface area contributed by atoms with Gasteiger partial charge in [0.1, 0.15) is 5.01 Å². The fourth-order valence-corrected chi connectivity index (χ4v) is 3.65. The zero-order valence-electron chi connectivity index (χ0n) is 13.5. The third-order valence-electron chi connectivity index (χ3n) is 3.57. The van der Waals surface area contributed by atoms with Crippen molar-refractivity contribution in [3.63, 3.8) is 0 Å². The number of nitrogens with one attached hydrogen (secondary N) is 1. The Labute approximate surface area is 131 Å². The molecule has 1 aromatic heterocycles. The van der Waals surface area contributed by atoms with Gasteiger partial charge in [0.2, 0.25) is 0 Å². The maximum absolute atomic E-state index is 5.17. The van der Waals surface area contributed by atoms with Gasteiger partial charge in [-0.25, -0.2) is 4.98 Å². The first kappa shape index (κ1) is 16.1. The predicted molar refractivity (Wildman–Crippen MR) is 89.2 cm³/mol. The molecule has 0 spiro atoms. The van der Waals surface area contributed by atoms with Crippen molar-refractivity contribution in [2.45, 2.75) is 33.7 Å². The zero-order valence-corrected chi connectivity index (χ0v) is 14.3. The molecule has 2 rings (SSSR count). The molecule has 1 unspecified atom stereocenters. The van der Waals surface area contributed by atoms with E-state index in [1.54, 1.807) is 18.4 Å². The molecule has 0 radical (unpaired) electrons. The van der Waals surface area contributed by atoms with Gasteiger partial charge in [0.05, 0.1) is 12.6 Å². The highest BCUT2D eigenvalue weighted by Crippen LogP contribution is 2.30. The molecular weight excluding hydrogens is 280 g/mol. The highest BCUT2D eigenvalue weighted by Gasteiger charge is 2.20. The minimum Gasteiger partial charge on any atom is -0.383 e. The van der Waals surface area contributed by atoms with Crippen LogP contribution in [-0.2, 0) is 4.74 Å². The van der Waals surface area contributed by atoms with Gasteiger partial charge in [-0.05, 0) is 44.4 Å². The molecule has 21 heavy (non-hydrogen) atoms. The summed E-state index contributed by atoms with van der Waals surface area (Å²) in [6.45, 7) is 10.1. The topological polar surface area (TPSA) is 34.1 Å². The minimum absolute atomic E-state index is 0.138. The lowest BCUT2D eigenvalue weighted by Gasteiger charge is -2.22. The van der Waals surface area contributed by atoms with Crippen molar-refractivity contribution in [3.8, 4) is 0 Å². The van der Waals surface area contributed by atoms with Crippen LogP contribution in [0, 0.1) is 27.7 Å². The summed E-state index contributed by atoms with van der Waals surface area (Å²) in [5, 5.41) is 6.82. The summed E-state index contributed by atoms with van der Waals surface area (Å²) in [7, 11) is 1.73. The normalized spacial score (nSPS) is 12.6. The van der Waals surface area contributed by atoms with Gasteiger partial charge in [-0.3, -0.25) is 0 Å². The molecule has 0 bridgehead atoms. The van der Waals surface area contributed by atoms with Crippen LogP contribution in [0.3, 0.4) is 0 Å². The Bertz CT molecular complexity index is 584. The van der Waals surface area contributed by atoms with Crippen LogP contribution in [-0.4, -0.2) is 25.2 Å². The summed E-state index contributed by atoms with van der Waals surface area (Å²) in [4.78, 5) is 4.69. The van der Waals surface area contributed by atoms with Crippen LogP contribution >= 0.6 is 11.3 Å². The maximum atomic E-state index is 5.17. The molecule has 0 fully saturated rings. The van der Waals surface area contributed by atoms with Crippen molar-refractivity contribution in [1.82, 2.24) is 10.3 Å². The highest BCUT2D eigenvalue weighted by atomic mass is 32.1. The van der Waals surface area contributed by atoms with E-state index in [0.717, 1.165) is 17.2 Å². The van der Waals surface area contributed by atoms with Gasteiger partial charge in [-0.2, -0.15) is 0 Å². The third kappa shape index (κ3) is 3.90. The Morgan fingerprint density at radius 1 is 1.19 bits per heavy atom. The van der Waals surface area contributed by atoms with Gasteiger partial charge in [0.25, 0.3) is 0 Å². The molecule has 0 aliphatic rings. The van der Waals surface area contributed by atoms with E-state index in [1.807, 2.05) is 6.92 Å². The van der Waals surface area contributed by atoms with Crippen LogP contribution < -0.4 is 5.32 Å². The molecule has 0 aliphatic heterocycles. The molecule has 4 heteroatoms. The number of methoxy groups -OCH3 is 1. The number of ether oxygens (including phenoxy) is 1. The van der Waals surface area contributed by atoms with E-state index in [1.165, 1.54) is 22.3 Å². The van der Waals surface area contributed by atoms with Crippen molar-refractivity contribution in [1.29, 1.82) is 0 Å². The highest BCUT2D eigenvalue weighted by molar-refractivity contribution is 7.09. The monoisotopic (exact) mass is 304 g/mol. The van der Waals surface area contributed by atoms with Crippen LogP contribution in [0.4, 0.5) is 0 Å². The number of benzene rings is 1. The first-order valence-electron chi connectivity index (χ1n) is 7.25. The second kappa shape index (κ2) is 7.16. The lowest BCUT2D eigenvalue weighted by molar-refractivity contribution is 0.197. The molecule has 114 valence electrons. The molecule has 1 heterocycles. The van der Waals surface area contributed by atoms with Gasteiger partial charge >= 0.3 is 0 Å². The summed E-state index contributed by atoms with van der Waals surface area (Å²) in [5.74, 6) is 0. The number of aromatic nitrogens is 1. The third-order valence-corrected chi connectivity index (χ3v) is 4.59. The van der Waals surface area contributed by atoms with Crippen molar-refractivity contribution < 1.29 is 4.74 Å². The predicted octanol–water partition coefficient (Wildman–Crippen LogP) is 3.70. The van der Waals surface area contributed by atoms with Gasteiger partial charge < -0.3 is 10.1 Å². The minimum atomic E-state index is 0.138. The van der Waals surface area contributed by atoms with Crippen LogP contribution in [0.25, 0.3) is 0 Å². The Morgan fingerprint density at radius 2 is 1.86 bits per heavy atom. The first-order valence-corrected chi connectivity index (χ1v) is 8.13. The molecule has 0 saturated carbocycles. The second-order valence-corrected chi connectivity index (χ2v) is 6.41. The molecule has 2 aromatic rings. The molecule has 1 N–H and O–H groups in total. The quantitative estimate of drug-likeness (QED) is 0.826. The van der Waals surface area contributed by atoms with Gasteiger partial charge in [-0.15, -0.1) is 11.3 Å². The van der Waals surface area contributed by atoms with E-state index < -0.39 is 0 Å². The number of nitrogens with zero attached hydrogens (tertiary/aromatic N) is 1. The summed E-state index contributed by atoms with van der Waals surface area (Å²) < 4.78 is 5.17. The Balaban J connectivity index is 2.39. The van der Waals surface area contributed by atoms with E-state index >= 15 is 0 Å². The van der Waals surface area contributed by atoms with Gasteiger partial charge in [0.15, 0.2) is 0 Å². The number of hydrogen-bond donors (Lipinski definition) is 1. The van der Waals surface area contributed by atoms with E-state index in [0.29, 0.717) is 6.61 Å². The number of aryl methyl sites for hydroxylation is 4. The van der Waals surface area contributed by atoms with Crippen molar-refractivity contribution in [3.05, 3.63) is 50.5 Å². The van der Waals surface area contributed by atoms with E-state index in [2.05, 4.69) is 48.6 Å². The number of hydrogen-bond acceptors (Lipinski definition) is 4. The Morgan fingerprint density at radius 3 is 2.38 bits per heavy atom. The molecule has 1 atom stereocenters. The number of rotatable bonds is 6. The lowest BCUT2D eigenvalue weighted by atomic mass is 9.94. The largest absolute Gasteiger partial charge is 0.383 e. The van der Waals surface area contributed by atoms with E-state index in [9.17, 15) is 0 Å². The van der Waals surface area contributed by atoms with Crippen LogP contribution in [0.5, 0.6) is 0 Å². The Kier molecular flexibility index (Phi) is 5.51. The fourth-order valence-electron chi connectivity index (χ4n) is 2.77. The van der Waals surface area contributed by atoms with E-state index in [-0.39, 0.29) is 6.04 Å². The van der Waals surface area contributed by atoms with Crippen molar-refractivity contribution in [2.24, 2.45) is 0 Å². The molecule has 0 saturated heterocycles. The smallest absolute Gasteiger partial charge is 0.114 e. The standard InChI is InChI=1S/C17H24N2OS/c1-11-8-12(2)15(13(3)9-11)16(18-6-7-20-5)17-19-14(4)10-21-17/h8-10,16,18H,6-7H2,1-5H3. The maximum Gasteiger partial charge on any atom is 0.114 e. The van der Waals surface area contributed by atoms with Crippen molar-refractivity contribution in [2.75, 3.05) is 20.3 Å². The van der Waals surface area contributed by atoms with Crippen LogP contribution in [0.1, 0.15) is 39.0 Å². The Hall–Kier alpha value is -1.23. The van der Waals surface area contributed by atoms with Crippen molar-refractivity contribution >= 4 is 11.3 Å². The number of thiazole rings is 1. The molecule has 0 amide bonds. The summed E-state index contributed by atoms with van der Waals surface area (Å²) >= 11 is 1.72. The van der Waals surface area contributed by atoms with Crippen LogP contribution in [0.15, 0.2) is 17.5 Å². The molecule has 1 aromatic carbocycles. The van der Waals surface area contributed by atoms with Gasteiger partial charge in [-0.1, -0.05) is 17.7 Å². The molecule has 0 aliphatic carbocycles. The SMILES string of the molecule is COCCNC(c1nc(C)cs1)c1c(C)cc(C)cc1C. The van der Waals surface area contributed by atoms with Gasteiger partial charge in [0, 0.05) is 24.7 Å². The average molecular weight is 304 g/mol. The van der Waals surface area contributed by atoms with E-state index in [4.69, 9.17) is 4.74 Å². The average Bonchev–Trinajstić information content (AvgIpc) is 2.82. The zero-order chi connectivity index (χ0) is 15.4. The lowest BCUT2D eigenvalue weighted by Crippen LogP contribution is -2.27. The fraction of sp³-hybridized carbons (Fsp3) is 0.471. The molecule has 3 nitrogen and oxygen atoms in total. The summed E-state index contributed by atoms with van der Waals surface area (Å²) in [6, 6.07) is 4.63. The molecular formula is C17H24N2OS.